The van der Waals surface area contributed by atoms with Crippen LogP contribution in [0.5, 0.6) is 0 Å². The Morgan fingerprint density at radius 1 is 0.814 bits per heavy atom. The fourth-order valence-electron chi connectivity index (χ4n) is 13.2. The number of aromatic nitrogens is 2. The number of nitriles is 1. The highest BCUT2D eigenvalue weighted by Gasteiger charge is 2.50. The van der Waals surface area contributed by atoms with E-state index in [1.54, 1.807) is 0 Å². The molecule has 20 nitrogen and oxygen atoms in total. The highest BCUT2D eigenvalue weighted by molar-refractivity contribution is 8.14. The second kappa shape index (κ2) is 21.0. The first-order valence-corrected chi connectivity index (χ1v) is 30.6. The lowest BCUT2D eigenvalue weighted by Crippen LogP contribution is -2.72. The number of piperidine rings is 1. The molecule has 5 fully saturated rings. The SMILES string of the molecule is CC1CC(C)C(NC2NC(NC3C(C)CC(C)CC3C)C(C(N)=O)C(C)C2N=Nc2c(C#N)c(C(C)(C)C)nn2C2=NC3CCC(S(=O)(=O)NC4CC(S(=O)(=O)O)CCC4S(=O)(=O)O)CC3S2)C(C)C1. The molecule has 1 saturated heterocycles. The normalized spacial score (nSPS) is 40.1. The Morgan fingerprint density at radius 3 is 1.89 bits per heavy atom. The number of carbonyl (C=O) groups is 1. The van der Waals surface area contributed by atoms with Crippen molar-refractivity contribution in [2.45, 2.75) is 202 Å². The average molecular weight is 1060 g/mol. The summed E-state index contributed by atoms with van der Waals surface area (Å²) in [6, 6.07) is 0.183. The van der Waals surface area contributed by atoms with Crippen molar-refractivity contribution in [1.82, 2.24) is 30.5 Å². The number of hydrogen-bond acceptors (Lipinski definition) is 16. The Bertz CT molecular complexity index is 2520. The number of sulfonamides is 1. The summed E-state index contributed by atoms with van der Waals surface area (Å²) in [5.74, 6) is 1.30. The maximum atomic E-state index is 14.0. The zero-order chi connectivity index (χ0) is 51.6. The third-order valence-corrected chi connectivity index (χ3v) is 22.3. The molecule has 15 unspecified atom stereocenters. The first kappa shape index (κ1) is 55.2. The monoisotopic (exact) mass is 1060 g/mol. The van der Waals surface area contributed by atoms with Crippen molar-refractivity contribution in [3.8, 4) is 6.07 Å². The van der Waals surface area contributed by atoms with Crippen LogP contribution >= 0.6 is 11.8 Å². The van der Waals surface area contributed by atoms with Gasteiger partial charge in [-0.15, -0.1) is 5.11 Å². The Morgan fingerprint density at radius 2 is 1.37 bits per heavy atom. The standard InChI is InChI=1S/C46H77N11O9S4/c1-22-15-24(3)37(25(4)16-22)50-42-36(41(48)58)28(7)39(43(52-42)51-38-26(5)17-23(2)18-27(38)6)53-54-44-31(21-47)40(46(8,9)10)55-57(44)45-49-32-13-11-29(20-34(32)67-45)68(59,60)56-33-19-30(69(61,62)63)12-14-35(33)70(64,65)66/h22-30,32-39,42-43,50-52,56H,11-20H2,1-10H3,(H2,48,58)(H,61,62,63)(H,64,65,66). The van der Waals surface area contributed by atoms with Gasteiger partial charge in [0.1, 0.15) is 22.9 Å². The first-order chi connectivity index (χ1) is 32.5. The molecule has 1 amide bonds. The molecule has 0 aromatic carbocycles. The molecule has 0 bridgehead atoms. The molecular formula is C46H77N11O9S4. The number of primary amides is 1. The van der Waals surface area contributed by atoms with Gasteiger partial charge >= 0.3 is 0 Å². The van der Waals surface area contributed by atoms with E-state index in [0.717, 1.165) is 25.7 Å². The zero-order valence-corrected chi connectivity index (χ0v) is 45.5. The van der Waals surface area contributed by atoms with Crippen LogP contribution in [-0.2, 0) is 40.5 Å². The highest BCUT2D eigenvalue weighted by Crippen LogP contribution is 2.43. The Labute approximate surface area is 419 Å². The molecular weight excluding hydrogens is 979 g/mol. The number of nitrogens with one attached hydrogen (secondary N) is 4. The van der Waals surface area contributed by atoms with Crippen LogP contribution in [0.2, 0.25) is 0 Å². The summed E-state index contributed by atoms with van der Waals surface area (Å²) >= 11 is 1.29. The fraction of sp³-hybridized carbons (Fsp3) is 0.870. The van der Waals surface area contributed by atoms with Crippen LogP contribution in [0.25, 0.3) is 0 Å². The van der Waals surface area contributed by atoms with E-state index < -0.39 is 100 Å². The molecule has 70 heavy (non-hydrogen) atoms. The highest BCUT2D eigenvalue weighted by atomic mass is 32.2. The van der Waals surface area contributed by atoms with Crippen LogP contribution in [0.15, 0.2) is 15.2 Å². The van der Waals surface area contributed by atoms with Gasteiger partial charge in [0.15, 0.2) is 11.0 Å². The summed E-state index contributed by atoms with van der Waals surface area (Å²) in [6.07, 6.45) is 2.81. The van der Waals surface area contributed by atoms with Crippen molar-refractivity contribution < 1.29 is 39.2 Å². The van der Waals surface area contributed by atoms with Crippen LogP contribution in [0, 0.1) is 58.7 Å². The summed E-state index contributed by atoms with van der Waals surface area (Å²) in [5, 5.41) is 33.3. The Kier molecular flexibility index (Phi) is 16.5. The van der Waals surface area contributed by atoms with Gasteiger partial charge in [0, 0.05) is 28.8 Å². The number of aliphatic imine (C=N–C) groups is 1. The van der Waals surface area contributed by atoms with Crippen molar-refractivity contribution in [3.05, 3.63) is 11.3 Å². The number of azo groups is 1. The molecule has 2 aliphatic heterocycles. The number of rotatable bonds is 12. The topological polar surface area (TPSA) is 313 Å². The molecule has 0 radical (unpaired) electrons. The maximum Gasteiger partial charge on any atom is 0.269 e. The number of nitrogens with two attached hydrogens (primary N) is 1. The molecule has 4 aliphatic carbocycles. The van der Waals surface area contributed by atoms with Crippen molar-refractivity contribution >= 4 is 58.9 Å². The predicted octanol–water partition coefficient (Wildman–Crippen LogP) is 5.04. The minimum absolute atomic E-state index is 0.0918. The van der Waals surface area contributed by atoms with Crippen LogP contribution in [-0.4, -0.2) is 119 Å². The van der Waals surface area contributed by atoms with Crippen molar-refractivity contribution in [2.75, 3.05) is 0 Å². The lowest BCUT2D eigenvalue weighted by molar-refractivity contribution is -0.127. The van der Waals surface area contributed by atoms with Crippen LogP contribution < -0.4 is 26.4 Å². The van der Waals surface area contributed by atoms with Gasteiger partial charge in [-0.3, -0.25) is 34.8 Å². The number of carbonyl (C=O) groups excluding carboxylic acids is 1. The van der Waals surface area contributed by atoms with Gasteiger partial charge in [0.2, 0.25) is 15.9 Å². The largest absolute Gasteiger partial charge is 0.369 e. The maximum absolute atomic E-state index is 14.0. The molecule has 3 heterocycles. The first-order valence-electron chi connectivity index (χ1n) is 25.2. The molecule has 1 aromatic heterocycles. The van der Waals surface area contributed by atoms with E-state index in [2.05, 4.69) is 68.3 Å². The molecule has 15 atom stereocenters. The van der Waals surface area contributed by atoms with E-state index >= 15 is 0 Å². The molecule has 0 spiro atoms. The number of nitrogens with zero attached hydrogens (tertiary/aromatic N) is 6. The number of thioether (sulfide) groups is 1. The molecule has 8 N–H and O–H groups in total. The van der Waals surface area contributed by atoms with Crippen LogP contribution in [0.1, 0.15) is 145 Å². The summed E-state index contributed by atoms with van der Waals surface area (Å²) in [4.78, 5) is 18.6. The van der Waals surface area contributed by atoms with E-state index in [9.17, 15) is 44.4 Å². The molecule has 394 valence electrons. The molecule has 7 rings (SSSR count). The van der Waals surface area contributed by atoms with E-state index in [1.807, 2.05) is 27.7 Å². The van der Waals surface area contributed by atoms with E-state index in [1.165, 1.54) is 16.4 Å². The van der Waals surface area contributed by atoms with Crippen molar-refractivity contribution in [2.24, 2.45) is 68.3 Å². The molecule has 6 aliphatic rings. The number of hydrogen-bond donors (Lipinski definition) is 7. The van der Waals surface area contributed by atoms with E-state index in [-0.39, 0.29) is 60.4 Å². The fourth-order valence-corrected chi connectivity index (χ4v) is 18.5. The quantitative estimate of drug-likeness (QED) is 0.107. The summed E-state index contributed by atoms with van der Waals surface area (Å²) in [7, 11) is -13.7. The van der Waals surface area contributed by atoms with Gasteiger partial charge in [0.05, 0.1) is 40.5 Å². The van der Waals surface area contributed by atoms with Crippen molar-refractivity contribution in [1.29, 1.82) is 5.26 Å². The second-order valence-electron chi connectivity index (χ2n) is 23.2. The number of fused-ring (bicyclic) bond motifs is 1. The molecule has 4 saturated carbocycles. The molecule has 1 aromatic rings. The minimum Gasteiger partial charge on any atom is -0.369 e. The lowest BCUT2D eigenvalue weighted by atomic mass is 9.72. The van der Waals surface area contributed by atoms with Gasteiger partial charge in [-0.05, 0) is 106 Å². The van der Waals surface area contributed by atoms with Crippen molar-refractivity contribution in [3.63, 3.8) is 0 Å². The summed E-state index contributed by atoms with van der Waals surface area (Å²) in [5.41, 5.74) is 6.34. The van der Waals surface area contributed by atoms with Crippen LogP contribution in [0.3, 0.4) is 0 Å². The summed E-state index contributed by atoms with van der Waals surface area (Å²) in [6.45, 7) is 21.5. The second-order valence-corrected chi connectivity index (χ2v) is 29.8. The molecule has 24 heteroatoms. The third kappa shape index (κ3) is 11.8. The summed E-state index contributed by atoms with van der Waals surface area (Å²) < 4.78 is 100. The van der Waals surface area contributed by atoms with E-state index in [0.29, 0.717) is 52.8 Å². The van der Waals surface area contributed by atoms with Gasteiger partial charge < -0.3 is 5.73 Å². The minimum atomic E-state index is -4.77. The lowest BCUT2D eigenvalue weighted by Gasteiger charge is -2.50. The predicted molar refractivity (Wildman–Crippen MR) is 270 cm³/mol. The smallest absolute Gasteiger partial charge is 0.269 e. The Balaban J connectivity index is 1.19. The van der Waals surface area contributed by atoms with Crippen LogP contribution in [0.4, 0.5) is 5.82 Å². The zero-order valence-electron chi connectivity index (χ0n) is 42.2. The average Bonchev–Trinajstić information content (AvgIpc) is 3.83. The van der Waals surface area contributed by atoms with Gasteiger partial charge in [-0.1, -0.05) is 81.0 Å². The third-order valence-electron chi connectivity index (χ3n) is 16.5. The van der Waals surface area contributed by atoms with Gasteiger partial charge in [0.25, 0.3) is 20.2 Å². The van der Waals surface area contributed by atoms with Gasteiger partial charge in [-0.25, -0.2) is 13.1 Å². The van der Waals surface area contributed by atoms with Gasteiger partial charge in [-0.2, -0.15) is 37.0 Å². The number of amides is 1. The van der Waals surface area contributed by atoms with E-state index in [4.69, 9.17) is 26.1 Å². The Hall–Kier alpha value is -2.60.